The van der Waals surface area contributed by atoms with Gasteiger partial charge >= 0.3 is 6.09 Å². The monoisotopic (exact) mass is 510 g/mol. The highest BCUT2D eigenvalue weighted by Gasteiger charge is 2.33. The molecule has 2 aliphatic heterocycles. The largest absolute Gasteiger partial charge is 0.427 e. The van der Waals surface area contributed by atoms with Crippen molar-refractivity contribution in [1.82, 2.24) is 30.3 Å². The Kier molecular flexibility index (Phi) is 6.86. The Morgan fingerprint density at radius 3 is 2.51 bits per heavy atom. The van der Waals surface area contributed by atoms with Gasteiger partial charge in [0.25, 0.3) is 0 Å². The number of amides is 1. The lowest BCUT2D eigenvalue weighted by Gasteiger charge is -2.36. The van der Waals surface area contributed by atoms with Gasteiger partial charge in [0.05, 0.1) is 0 Å². The summed E-state index contributed by atoms with van der Waals surface area (Å²) in [4.78, 5) is 34.2. The van der Waals surface area contributed by atoms with E-state index in [9.17, 15) is 4.79 Å². The van der Waals surface area contributed by atoms with Crippen LogP contribution in [0, 0.1) is 17.8 Å². The summed E-state index contributed by atoms with van der Waals surface area (Å²) in [6.45, 7) is 8.91. The third-order valence-corrected chi connectivity index (χ3v) is 9.25. The Bertz CT molecular complexity index is 1120. The first-order valence-electron chi connectivity index (χ1n) is 14.5. The van der Waals surface area contributed by atoms with Crippen LogP contribution in [0.1, 0.15) is 97.0 Å². The molecule has 37 heavy (non-hydrogen) atoms. The van der Waals surface area contributed by atoms with Crippen LogP contribution in [0.2, 0.25) is 0 Å². The molecule has 1 amide bonds. The van der Waals surface area contributed by atoms with Crippen molar-refractivity contribution in [2.75, 3.05) is 16.8 Å². The first kappa shape index (κ1) is 24.7. The second-order valence-electron chi connectivity index (χ2n) is 12.0. The zero-order valence-corrected chi connectivity index (χ0v) is 22.5. The highest BCUT2D eigenvalue weighted by Crippen LogP contribution is 2.37. The van der Waals surface area contributed by atoms with E-state index in [0.717, 1.165) is 36.3 Å². The van der Waals surface area contributed by atoms with Gasteiger partial charge in [-0.05, 0) is 76.5 Å². The minimum atomic E-state index is -0.598. The number of imidazole rings is 1. The summed E-state index contributed by atoms with van der Waals surface area (Å²) in [5, 5.41) is 6.51. The number of carbonyl (C=O) groups excluding carboxylic acids is 1. The van der Waals surface area contributed by atoms with Crippen molar-refractivity contribution in [3.63, 3.8) is 0 Å². The number of hydroxylamine groups is 1. The maximum atomic E-state index is 11.7. The summed E-state index contributed by atoms with van der Waals surface area (Å²) in [5.41, 5.74) is 4.40. The van der Waals surface area contributed by atoms with Crippen LogP contribution in [-0.2, 0) is 11.4 Å². The predicted molar refractivity (Wildman–Crippen MR) is 143 cm³/mol. The van der Waals surface area contributed by atoms with Gasteiger partial charge in [0, 0.05) is 25.2 Å². The molecule has 4 fully saturated rings. The lowest BCUT2D eigenvalue weighted by atomic mass is 9.80. The highest BCUT2D eigenvalue weighted by molar-refractivity contribution is 5.86. The molecule has 2 saturated carbocycles. The van der Waals surface area contributed by atoms with Crippen molar-refractivity contribution in [1.29, 1.82) is 0 Å². The molecule has 0 spiro atoms. The van der Waals surface area contributed by atoms with Gasteiger partial charge in [-0.3, -0.25) is 5.32 Å². The van der Waals surface area contributed by atoms with Gasteiger partial charge < -0.3 is 19.6 Å². The summed E-state index contributed by atoms with van der Waals surface area (Å²) >= 11 is 0. The molecule has 2 aromatic rings. The maximum Gasteiger partial charge on any atom is 0.427 e. The Labute approximate surface area is 219 Å². The zero-order valence-electron chi connectivity index (χ0n) is 22.5. The highest BCUT2D eigenvalue weighted by atomic mass is 16.7. The minimum absolute atomic E-state index is 0.304. The molecule has 2 saturated heterocycles. The van der Waals surface area contributed by atoms with Gasteiger partial charge in [0.1, 0.15) is 5.52 Å². The molecule has 3 atom stereocenters. The number of nitrogens with one attached hydrogen (secondary N) is 3. The average molecular weight is 511 g/mol. The third kappa shape index (κ3) is 4.96. The van der Waals surface area contributed by atoms with E-state index in [2.05, 4.69) is 46.4 Å². The number of anilines is 2. The summed E-state index contributed by atoms with van der Waals surface area (Å²) in [6.07, 6.45) is 11.4. The lowest BCUT2D eigenvalue weighted by molar-refractivity contribution is 0.120. The number of hydrogen-bond acceptors (Lipinski definition) is 8. The minimum Gasteiger partial charge on any atom is -0.365 e. The van der Waals surface area contributed by atoms with Crippen LogP contribution in [0.4, 0.5) is 16.6 Å². The molecule has 10 heteroatoms. The second-order valence-corrected chi connectivity index (χ2v) is 12.0. The Hall–Kier alpha value is -2.62. The number of hydrogen-bond donors (Lipinski definition) is 3. The first-order chi connectivity index (χ1) is 18.0. The molecule has 0 radical (unpaired) electrons. The topological polar surface area (TPSA) is 109 Å². The van der Waals surface area contributed by atoms with E-state index in [0.29, 0.717) is 35.4 Å². The molecule has 2 aromatic heterocycles. The van der Waals surface area contributed by atoms with Crippen LogP contribution in [-0.4, -0.2) is 44.2 Å². The fourth-order valence-corrected chi connectivity index (χ4v) is 6.51. The number of fused-ring (bicyclic) bond motifs is 1. The normalized spacial score (nSPS) is 29.6. The number of nitrogens with zero attached hydrogens (tertiary/aromatic N) is 5. The summed E-state index contributed by atoms with van der Waals surface area (Å²) in [5.74, 6) is 4.41. The molecule has 10 nitrogen and oxygen atoms in total. The Balaban J connectivity index is 1.44. The van der Waals surface area contributed by atoms with Crippen LogP contribution in [0.5, 0.6) is 0 Å². The maximum absolute atomic E-state index is 11.7. The number of rotatable bonds is 7. The van der Waals surface area contributed by atoms with E-state index in [-0.39, 0.29) is 0 Å². The van der Waals surface area contributed by atoms with E-state index in [1.807, 2.05) is 0 Å². The van der Waals surface area contributed by atoms with Crippen molar-refractivity contribution in [3.8, 4) is 0 Å². The third-order valence-electron chi connectivity index (χ3n) is 9.25. The fraction of sp³-hybridized carbons (Fsp3) is 0.778. The van der Waals surface area contributed by atoms with E-state index in [1.54, 1.807) is 0 Å². The van der Waals surface area contributed by atoms with Crippen LogP contribution >= 0.6 is 0 Å². The smallest absolute Gasteiger partial charge is 0.365 e. The molecular weight excluding hydrogens is 468 g/mol. The van der Waals surface area contributed by atoms with Crippen LogP contribution in [0.3, 0.4) is 0 Å². The van der Waals surface area contributed by atoms with Crippen molar-refractivity contribution < 1.29 is 9.63 Å². The van der Waals surface area contributed by atoms with E-state index in [4.69, 9.17) is 19.8 Å². The molecule has 4 heterocycles. The van der Waals surface area contributed by atoms with Crippen molar-refractivity contribution in [2.45, 2.75) is 110 Å². The van der Waals surface area contributed by atoms with Crippen molar-refractivity contribution in [3.05, 3.63) is 5.82 Å². The number of aromatic nitrogens is 4. The summed E-state index contributed by atoms with van der Waals surface area (Å²) < 4.78 is 2.43. The second kappa shape index (κ2) is 10.3. The molecule has 2 unspecified atom stereocenters. The van der Waals surface area contributed by atoms with Gasteiger partial charge in [-0.25, -0.2) is 14.8 Å². The number of piperidine rings is 1. The molecule has 4 aliphatic rings. The van der Waals surface area contributed by atoms with Gasteiger partial charge in [-0.2, -0.15) is 4.98 Å². The molecule has 202 valence electrons. The van der Waals surface area contributed by atoms with Gasteiger partial charge in [-0.15, -0.1) is 5.48 Å². The van der Waals surface area contributed by atoms with Crippen molar-refractivity contribution >= 4 is 29.0 Å². The number of carbonyl (C=O) groups is 1. The fourth-order valence-electron chi connectivity index (χ4n) is 6.51. The zero-order chi connectivity index (χ0) is 25.5. The van der Waals surface area contributed by atoms with Crippen LogP contribution in [0.15, 0.2) is 0 Å². The lowest BCUT2D eigenvalue weighted by Crippen LogP contribution is -2.39. The van der Waals surface area contributed by atoms with Gasteiger partial charge in [0.15, 0.2) is 23.5 Å². The average Bonchev–Trinajstić information content (AvgIpc) is 3.43. The van der Waals surface area contributed by atoms with Crippen LogP contribution in [0.25, 0.3) is 11.2 Å². The van der Waals surface area contributed by atoms with E-state index < -0.39 is 12.3 Å². The van der Waals surface area contributed by atoms with Gasteiger partial charge in [0.2, 0.25) is 5.95 Å². The molecule has 0 bridgehead atoms. The van der Waals surface area contributed by atoms with E-state index >= 15 is 0 Å². The summed E-state index contributed by atoms with van der Waals surface area (Å²) in [7, 11) is 0. The SMILES string of the molecule is CC1CCC(Cn2c(N3CCCCC3C)nc3nc(C4NOC(=O)N4)nc(N[C@H](C)C4CCC4)c32)CC1. The molecule has 3 N–H and O–H groups in total. The van der Waals surface area contributed by atoms with E-state index in [1.165, 1.54) is 64.2 Å². The Morgan fingerprint density at radius 2 is 1.84 bits per heavy atom. The molecule has 0 aromatic carbocycles. The molecule has 2 aliphatic carbocycles. The molecular formula is C27H42N8O2. The first-order valence-corrected chi connectivity index (χ1v) is 14.5. The summed E-state index contributed by atoms with van der Waals surface area (Å²) in [6, 6.07) is 0.746. The standard InChI is InChI=1S/C27H42N8O2/c1-16-10-12-19(13-11-16)15-35-21-22(28-18(3)20-8-6-9-20)29-24(25-32-27(36)37-33-25)30-23(21)31-26(35)34-14-5-4-7-17(34)2/h16-20,25,33H,4-15H2,1-3H3,(H,32,36)(H,28,29,30)/t16?,17?,18-,19?,25?/m1/s1. The molecule has 6 rings (SSSR count). The predicted octanol–water partition coefficient (Wildman–Crippen LogP) is 4.87. The van der Waals surface area contributed by atoms with Gasteiger partial charge in [-0.1, -0.05) is 26.2 Å². The van der Waals surface area contributed by atoms with Crippen molar-refractivity contribution in [2.24, 2.45) is 17.8 Å². The van der Waals surface area contributed by atoms with Crippen LogP contribution < -0.4 is 21.0 Å². The quantitative estimate of drug-likeness (QED) is 0.484. The Morgan fingerprint density at radius 1 is 1.03 bits per heavy atom.